The van der Waals surface area contributed by atoms with Crippen molar-refractivity contribution in [2.45, 2.75) is 100 Å². The number of carboxylic acids is 12. The molecule has 0 amide bonds. The molecule has 149 heavy (non-hydrogen) atoms. The van der Waals surface area contributed by atoms with Crippen molar-refractivity contribution in [2.24, 2.45) is 189 Å². The molecule has 20 N–H and O–H groups in total. The Labute approximate surface area is 857 Å². The number of carbonyl (C=O) groups excluding carboxylic acids is 12. The molecule has 52 nitrogen and oxygen atoms in total. The predicted octanol–water partition coefficient (Wildman–Crippen LogP) is -4.30. The van der Waals surface area contributed by atoms with Crippen molar-refractivity contribution in [3.05, 3.63) is 143 Å². The standard InChI is InChI=1S/4C15H16O9.4C9H10O4.Zr/c4*16-7(12-10(17)11(18)15(22)24-12)4-23-14(21)9-6-2-1-5(3-6)8(9)13(19)20;4*10-8(11)6-4-1-2-5(3-4)7(6)9(12)13;/h4*1-2,5-9,12,16-18H,3-4H2,(H,19,20);4*1-2,4-7H,3H2,(H,10,11)(H,12,13);/q;;;;;;;;+4/p-4/t4*5?,6?,7?,8?,9?,12-;;;;;/m0000...../s1. The van der Waals surface area contributed by atoms with Crippen LogP contribution in [-0.4, -0.2) is 297 Å². The van der Waals surface area contributed by atoms with Gasteiger partial charge >= 0.3 is 122 Å². The molecule has 40 atom stereocenters. The molecule has 53 heteroatoms. The van der Waals surface area contributed by atoms with Crippen molar-refractivity contribution < 1.29 is 283 Å². The van der Waals surface area contributed by atoms with E-state index in [9.17, 15) is 157 Å². The van der Waals surface area contributed by atoms with Gasteiger partial charge in [-0.25, -0.2) is 19.2 Å². The van der Waals surface area contributed by atoms with E-state index in [-0.39, 0.29) is 121 Å². The van der Waals surface area contributed by atoms with Crippen molar-refractivity contribution in [3.8, 4) is 0 Å². The minimum Gasteiger partial charge on any atom is -0.550 e. The van der Waals surface area contributed by atoms with Crippen LogP contribution in [0.25, 0.3) is 0 Å². The fourth-order valence-electron chi connectivity index (χ4n) is 24.2. The van der Waals surface area contributed by atoms with Gasteiger partial charge in [0.2, 0.25) is 23.0 Å². The van der Waals surface area contributed by atoms with Gasteiger partial charge in [-0.15, -0.1) is 0 Å². The molecule has 0 aromatic rings. The Morgan fingerprint density at radius 1 is 0.228 bits per heavy atom. The van der Waals surface area contributed by atoms with Crippen LogP contribution in [0.1, 0.15) is 51.4 Å². The number of esters is 8. The first-order chi connectivity index (χ1) is 69.7. The zero-order valence-corrected chi connectivity index (χ0v) is 79.8. The molecule has 16 bridgehead atoms. The third kappa shape index (κ3) is 22.9. The molecule has 0 aromatic carbocycles. The summed E-state index contributed by atoms with van der Waals surface area (Å²) in [5, 5.41) is 230. The fraction of sp³-hybridized carbons (Fsp3) is 0.542. The van der Waals surface area contributed by atoms with Gasteiger partial charge in [0, 0.05) is 47.5 Å². The van der Waals surface area contributed by atoms with Gasteiger partial charge in [0.25, 0.3) is 0 Å². The zero-order chi connectivity index (χ0) is 109. The summed E-state index contributed by atoms with van der Waals surface area (Å²) < 4.78 is 37.9. The number of aliphatic hydroxyl groups excluding tert-OH is 12. The number of allylic oxidation sites excluding steroid dienone is 16. The molecule has 8 saturated carbocycles. The number of carboxylic acid groups (broad SMARTS) is 12. The van der Waals surface area contributed by atoms with E-state index in [0.717, 1.165) is 0 Å². The Bertz CT molecular complexity index is 5000. The summed E-state index contributed by atoms with van der Waals surface area (Å²) in [7, 11) is 0. The molecule has 0 aromatic heterocycles. The Balaban J connectivity index is 0.000000153. The van der Waals surface area contributed by atoms with Gasteiger partial charge in [0.1, 0.15) is 50.8 Å². The van der Waals surface area contributed by atoms with Crippen molar-refractivity contribution in [2.75, 3.05) is 26.4 Å². The quantitative estimate of drug-likeness (QED) is 0.0200. The van der Waals surface area contributed by atoms with Crippen LogP contribution in [0.15, 0.2) is 143 Å². The van der Waals surface area contributed by atoms with Gasteiger partial charge in [-0.1, -0.05) is 97.2 Å². The van der Waals surface area contributed by atoms with Crippen molar-refractivity contribution >= 4 is 119 Å². The number of carbonyl (C=O) groups is 20. The van der Waals surface area contributed by atoms with Gasteiger partial charge in [-0.05, 0) is 146 Å². The van der Waals surface area contributed by atoms with Crippen molar-refractivity contribution in [1.29, 1.82) is 0 Å². The number of fused-ring (bicyclic) bond motifs is 16. The van der Waals surface area contributed by atoms with E-state index in [0.29, 0.717) is 51.4 Å². The summed E-state index contributed by atoms with van der Waals surface area (Å²) in [5.41, 5.74) is 0. The van der Waals surface area contributed by atoms with Gasteiger partial charge in [-0.2, -0.15) is 0 Å². The Morgan fingerprint density at radius 3 is 0.443 bits per heavy atom. The number of aliphatic carboxylic acids is 12. The molecule has 0 saturated heterocycles. The monoisotopic (exact) mass is 2170 g/mol. The average molecular weight is 2180 g/mol. The number of cyclic esters (lactones) is 4. The number of ether oxygens (including phenoxy) is 8. The van der Waals surface area contributed by atoms with E-state index >= 15 is 0 Å². The second kappa shape index (κ2) is 46.0. The van der Waals surface area contributed by atoms with E-state index in [4.69, 9.17) is 80.2 Å². The molecule has 20 rings (SSSR count). The smallest absolute Gasteiger partial charge is 0.550 e. The van der Waals surface area contributed by atoms with Crippen LogP contribution < -0.4 is 20.4 Å². The van der Waals surface area contributed by atoms with Crippen LogP contribution in [0.3, 0.4) is 0 Å². The van der Waals surface area contributed by atoms with Gasteiger partial charge in [-0.3, -0.25) is 57.5 Å². The van der Waals surface area contributed by atoms with E-state index in [1.807, 2.05) is 48.6 Å². The molecule has 36 unspecified atom stereocenters. The average Bonchev–Trinajstić information content (AvgIpc) is 1.61. The van der Waals surface area contributed by atoms with E-state index in [1.165, 1.54) is 0 Å². The molecule has 0 spiro atoms. The van der Waals surface area contributed by atoms with E-state index < -0.39 is 335 Å². The molecule has 800 valence electrons. The maximum absolute atomic E-state index is 12.2. The predicted molar refractivity (Wildman–Crippen MR) is 459 cm³/mol. The minimum absolute atomic E-state index is 0. The van der Waals surface area contributed by atoms with Crippen LogP contribution in [0.4, 0.5) is 0 Å². The van der Waals surface area contributed by atoms with Gasteiger partial charge in [0.15, 0.2) is 47.5 Å². The van der Waals surface area contributed by atoms with Gasteiger partial charge in [0.05, 0.1) is 71.0 Å². The molecule has 4 heterocycles. The van der Waals surface area contributed by atoms with Crippen molar-refractivity contribution in [3.63, 3.8) is 0 Å². The Morgan fingerprint density at radius 2 is 0.342 bits per heavy atom. The topological polar surface area (TPSA) is 912 Å². The molecule has 0 radical (unpaired) electrons. The largest absolute Gasteiger partial charge is 4.00 e. The Kier molecular flexibility index (Phi) is 35.0. The summed E-state index contributed by atoms with van der Waals surface area (Å²) in [4.78, 5) is 224. The van der Waals surface area contributed by atoms with Crippen LogP contribution in [0.5, 0.6) is 0 Å². The van der Waals surface area contributed by atoms with Gasteiger partial charge < -0.3 is 180 Å². The molecule has 4 aliphatic heterocycles. The maximum Gasteiger partial charge on any atom is 4.00 e. The zero-order valence-electron chi connectivity index (χ0n) is 77.3. The summed E-state index contributed by atoms with van der Waals surface area (Å²) in [6.45, 7) is -2.53. The summed E-state index contributed by atoms with van der Waals surface area (Å²) in [6, 6.07) is 0. The summed E-state index contributed by atoms with van der Waals surface area (Å²) >= 11 is 0. The number of hydrogen-bond acceptors (Lipinski definition) is 44. The fourth-order valence-corrected chi connectivity index (χ4v) is 24.2. The Hall–Kier alpha value is -14.6. The van der Waals surface area contributed by atoms with Crippen LogP contribution >= 0.6 is 0 Å². The second-order valence-corrected chi connectivity index (χ2v) is 39.0. The summed E-state index contributed by atoms with van der Waals surface area (Å²) in [6.07, 6.45) is 21.0. The molecule has 20 aliphatic rings. The molecular formula is C96H100O52Zr. The molecule has 16 aliphatic carbocycles. The van der Waals surface area contributed by atoms with E-state index in [1.54, 1.807) is 48.6 Å². The molecule has 8 fully saturated rings. The normalized spacial score (nSPS) is 37.0. The minimum atomic E-state index is -1.60. The first-order valence-corrected chi connectivity index (χ1v) is 46.5. The number of aliphatic hydroxyl groups is 12. The first kappa shape index (κ1) is 113. The maximum atomic E-state index is 12.2. The van der Waals surface area contributed by atoms with Crippen molar-refractivity contribution in [1.82, 2.24) is 0 Å². The third-order valence-corrected chi connectivity index (χ3v) is 30.9. The number of rotatable bonds is 28. The first-order valence-electron chi connectivity index (χ1n) is 46.5. The molecular weight excluding hydrogens is 2080 g/mol. The van der Waals surface area contributed by atoms with Crippen LogP contribution in [-0.2, 0) is 160 Å². The third-order valence-electron chi connectivity index (χ3n) is 30.9. The second-order valence-electron chi connectivity index (χ2n) is 39.0. The van der Waals surface area contributed by atoms with Crippen LogP contribution in [0, 0.1) is 189 Å². The van der Waals surface area contributed by atoms with Crippen LogP contribution in [0.2, 0.25) is 0 Å². The SMILES string of the molecule is O=C(O)C1C2C=CC(C2)C1C(=O)O.O=C(O)C1C2C=CC(C2)C1C(=O)O.O=C(O)C1C2C=CC(C2)C1C(=O)O.O=C(O)C1C2C=CC(C2)C1C(=O)O.O=C1O[C@@H](C(O)COC(=O)C2C3C=CC(C3)C2C(=O)[O-])C(O)=C1O.O=C1O[C@@H](C(O)COC(=O)C2C3C=CC(C3)C2C(=O)[O-])C(O)=C1O.O=C1O[C@@H](C(O)COC(=O)C2C3C=CC(C3)C2C(=O)[O-])C(O)=C1O.O=C1O[C@@H](C(O)COC(=O)C2C3C=CC(C3)C2C(=O)[O-])C(O)=C1O.[Zr+4]. The summed E-state index contributed by atoms with van der Waals surface area (Å²) in [5.74, 6) is -44.6. The van der Waals surface area contributed by atoms with E-state index in [2.05, 4.69) is 18.9 Å². The number of hydrogen-bond donors (Lipinski definition) is 20.